The summed E-state index contributed by atoms with van der Waals surface area (Å²) in [6.45, 7) is 3.94. The van der Waals surface area contributed by atoms with Gasteiger partial charge in [-0.25, -0.2) is 4.98 Å². The van der Waals surface area contributed by atoms with Crippen molar-refractivity contribution in [1.82, 2.24) is 9.55 Å². The molecule has 1 aromatic heterocycles. The van der Waals surface area contributed by atoms with Crippen LogP contribution in [0.25, 0.3) is 5.69 Å². The number of rotatable bonds is 3. The first-order valence-electron chi connectivity index (χ1n) is 5.38. The van der Waals surface area contributed by atoms with E-state index in [9.17, 15) is 0 Å². The molecule has 3 nitrogen and oxygen atoms in total. The Hall–Kier alpha value is -1.73. The van der Waals surface area contributed by atoms with Gasteiger partial charge in [0, 0.05) is 12.4 Å². The maximum Gasteiger partial charge on any atom is 0.173 e. The maximum atomic E-state index is 8.84. The molecule has 0 bridgehead atoms. The molecule has 4 heteroatoms. The SMILES string of the molecule is Cc1ccccc1-n1ccnc1S[C@@H](C)C#N. The molecule has 0 aliphatic rings. The van der Waals surface area contributed by atoms with Crippen LogP contribution in [0.1, 0.15) is 12.5 Å². The van der Waals surface area contributed by atoms with E-state index in [1.54, 1.807) is 6.20 Å². The molecule has 1 atom stereocenters. The van der Waals surface area contributed by atoms with Gasteiger partial charge in [0.15, 0.2) is 5.16 Å². The number of benzene rings is 1. The molecule has 0 radical (unpaired) electrons. The van der Waals surface area contributed by atoms with Gasteiger partial charge >= 0.3 is 0 Å². The Morgan fingerprint density at radius 3 is 2.88 bits per heavy atom. The van der Waals surface area contributed by atoms with Crippen LogP contribution in [0.5, 0.6) is 0 Å². The number of thioether (sulfide) groups is 1. The van der Waals surface area contributed by atoms with Crippen LogP contribution >= 0.6 is 11.8 Å². The highest BCUT2D eigenvalue weighted by molar-refractivity contribution is 8.00. The van der Waals surface area contributed by atoms with Crippen molar-refractivity contribution < 1.29 is 0 Å². The lowest BCUT2D eigenvalue weighted by molar-refractivity contribution is 0.885. The van der Waals surface area contributed by atoms with Crippen molar-refractivity contribution in [3.8, 4) is 11.8 Å². The van der Waals surface area contributed by atoms with Crippen LogP contribution in [0.2, 0.25) is 0 Å². The predicted octanol–water partition coefficient (Wildman–Crippen LogP) is 3.18. The summed E-state index contributed by atoms with van der Waals surface area (Å²) >= 11 is 1.47. The highest BCUT2D eigenvalue weighted by Gasteiger charge is 2.10. The number of nitrogens with zero attached hydrogens (tertiary/aromatic N) is 3. The Bertz CT molecular complexity index is 554. The minimum Gasteiger partial charge on any atom is -0.295 e. The zero-order valence-corrected chi connectivity index (χ0v) is 10.6. The van der Waals surface area contributed by atoms with Gasteiger partial charge in [0.05, 0.1) is 17.0 Å². The summed E-state index contributed by atoms with van der Waals surface area (Å²) in [5.41, 5.74) is 2.30. The Morgan fingerprint density at radius 2 is 2.18 bits per heavy atom. The van der Waals surface area contributed by atoms with E-state index in [1.165, 1.54) is 17.3 Å². The van der Waals surface area contributed by atoms with Crippen LogP contribution in [0.3, 0.4) is 0 Å². The van der Waals surface area contributed by atoms with Gasteiger partial charge in [0.1, 0.15) is 0 Å². The predicted molar refractivity (Wildman–Crippen MR) is 69.2 cm³/mol. The minimum absolute atomic E-state index is 0.0971. The molecule has 0 aliphatic heterocycles. The number of aryl methyl sites for hydroxylation is 1. The highest BCUT2D eigenvalue weighted by atomic mass is 32.2. The van der Waals surface area contributed by atoms with Crippen LogP contribution in [0, 0.1) is 18.3 Å². The van der Waals surface area contributed by atoms with Crippen LogP contribution in [0.15, 0.2) is 41.8 Å². The molecule has 0 spiro atoms. The molecule has 2 aromatic rings. The van der Waals surface area contributed by atoms with Gasteiger partial charge in [0.2, 0.25) is 0 Å². The number of imidazole rings is 1. The van der Waals surface area contributed by atoms with Crippen molar-refractivity contribution >= 4 is 11.8 Å². The summed E-state index contributed by atoms with van der Waals surface area (Å²) in [4.78, 5) is 4.30. The molecule has 1 heterocycles. The lowest BCUT2D eigenvalue weighted by Gasteiger charge is -2.10. The maximum absolute atomic E-state index is 8.84. The molecule has 2 rings (SSSR count). The molecular formula is C13H13N3S. The zero-order valence-electron chi connectivity index (χ0n) is 9.79. The van der Waals surface area contributed by atoms with Crippen molar-refractivity contribution in [3.63, 3.8) is 0 Å². The van der Waals surface area contributed by atoms with E-state index >= 15 is 0 Å². The third kappa shape index (κ3) is 2.51. The molecule has 1 aromatic carbocycles. The van der Waals surface area contributed by atoms with Gasteiger partial charge in [0.25, 0.3) is 0 Å². The van der Waals surface area contributed by atoms with E-state index in [0.717, 1.165) is 10.8 Å². The molecular weight excluding hydrogens is 230 g/mol. The van der Waals surface area contributed by atoms with E-state index < -0.39 is 0 Å². The van der Waals surface area contributed by atoms with E-state index in [2.05, 4.69) is 30.1 Å². The lowest BCUT2D eigenvalue weighted by Crippen LogP contribution is -2.00. The molecule has 0 aliphatic carbocycles. The fourth-order valence-corrected chi connectivity index (χ4v) is 2.34. The van der Waals surface area contributed by atoms with Crippen LogP contribution in [0.4, 0.5) is 0 Å². The fraction of sp³-hybridized carbons (Fsp3) is 0.231. The Morgan fingerprint density at radius 1 is 1.41 bits per heavy atom. The standard InChI is InChI=1S/C13H13N3S/c1-10-5-3-4-6-12(10)16-8-7-15-13(16)17-11(2)9-14/h3-8,11H,1-2H3/t11-/m0/s1. The topological polar surface area (TPSA) is 41.6 Å². The molecule has 0 N–H and O–H groups in total. The van der Waals surface area contributed by atoms with Crippen molar-refractivity contribution in [2.75, 3.05) is 0 Å². The summed E-state index contributed by atoms with van der Waals surface area (Å²) in [7, 11) is 0. The summed E-state index contributed by atoms with van der Waals surface area (Å²) in [5, 5.41) is 9.60. The number of hydrogen-bond acceptors (Lipinski definition) is 3. The summed E-state index contributed by atoms with van der Waals surface area (Å²) in [5.74, 6) is 0. The molecule has 86 valence electrons. The van der Waals surface area contributed by atoms with Crippen molar-refractivity contribution in [2.45, 2.75) is 24.3 Å². The van der Waals surface area contributed by atoms with Gasteiger partial charge in [-0.2, -0.15) is 5.26 Å². The summed E-state index contributed by atoms with van der Waals surface area (Å²) in [6.07, 6.45) is 3.69. The number of aromatic nitrogens is 2. The van der Waals surface area contributed by atoms with E-state index in [4.69, 9.17) is 5.26 Å². The van der Waals surface area contributed by atoms with Crippen LogP contribution in [-0.4, -0.2) is 14.8 Å². The van der Waals surface area contributed by atoms with Crippen molar-refractivity contribution in [2.24, 2.45) is 0 Å². The second-order valence-electron chi connectivity index (χ2n) is 3.76. The second kappa shape index (κ2) is 5.07. The van der Waals surface area contributed by atoms with Crippen LogP contribution in [-0.2, 0) is 0 Å². The fourth-order valence-electron chi connectivity index (χ4n) is 1.58. The van der Waals surface area contributed by atoms with Crippen molar-refractivity contribution in [1.29, 1.82) is 5.26 Å². The minimum atomic E-state index is -0.0971. The Balaban J connectivity index is 2.38. The van der Waals surface area contributed by atoms with E-state index in [-0.39, 0.29) is 5.25 Å². The van der Waals surface area contributed by atoms with Gasteiger partial charge in [-0.3, -0.25) is 4.57 Å². The molecule has 17 heavy (non-hydrogen) atoms. The molecule has 0 amide bonds. The number of nitriles is 1. The second-order valence-corrected chi connectivity index (χ2v) is 5.06. The molecule has 0 saturated carbocycles. The summed E-state index contributed by atoms with van der Waals surface area (Å²) < 4.78 is 2.02. The van der Waals surface area contributed by atoms with Crippen molar-refractivity contribution in [3.05, 3.63) is 42.2 Å². The lowest BCUT2D eigenvalue weighted by atomic mass is 10.2. The number of hydrogen-bond donors (Lipinski definition) is 0. The van der Waals surface area contributed by atoms with Gasteiger partial charge in [-0.1, -0.05) is 30.0 Å². The third-order valence-electron chi connectivity index (χ3n) is 2.45. The normalized spacial score (nSPS) is 12.1. The average molecular weight is 243 g/mol. The molecule has 0 fully saturated rings. The van der Waals surface area contributed by atoms with Gasteiger partial charge < -0.3 is 0 Å². The van der Waals surface area contributed by atoms with E-state index in [1.807, 2.05) is 29.8 Å². The smallest absolute Gasteiger partial charge is 0.173 e. The first-order chi connectivity index (χ1) is 8.22. The zero-order chi connectivity index (χ0) is 12.3. The first-order valence-corrected chi connectivity index (χ1v) is 6.26. The van der Waals surface area contributed by atoms with Gasteiger partial charge in [-0.05, 0) is 25.5 Å². The number of para-hydroxylation sites is 1. The quantitative estimate of drug-likeness (QED) is 0.777. The molecule has 0 saturated heterocycles. The average Bonchev–Trinajstić information content (AvgIpc) is 2.77. The summed E-state index contributed by atoms with van der Waals surface area (Å²) in [6, 6.07) is 10.3. The molecule has 0 unspecified atom stereocenters. The Kier molecular flexibility index (Phi) is 3.50. The van der Waals surface area contributed by atoms with E-state index in [0.29, 0.717) is 0 Å². The van der Waals surface area contributed by atoms with Crippen LogP contribution < -0.4 is 0 Å². The van der Waals surface area contributed by atoms with Gasteiger partial charge in [-0.15, -0.1) is 0 Å². The largest absolute Gasteiger partial charge is 0.295 e. The monoisotopic (exact) mass is 243 g/mol. The Labute approximate surface area is 105 Å². The first kappa shape index (κ1) is 11.7. The highest BCUT2D eigenvalue weighted by Crippen LogP contribution is 2.25. The third-order valence-corrected chi connectivity index (χ3v) is 3.42.